The predicted octanol–water partition coefficient (Wildman–Crippen LogP) is 4.59. The van der Waals surface area contributed by atoms with Crippen molar-refractivity contribution in [2.75, 3.05) is 19.4 Å². The highest BCUT2D eigenvalue weighted by molar-refractivity contribution is 7.90. The fourth-order valence-electron chi connectivity index (χ4n) is 3.55. The van der Waals surface area contributed by atoms with Gasteiger partial charge in [-0.05, 0) is 48.2 Å². The average molecular weight is 452 g/mol. The Morgan fingerprint density at radius 2 is 1.44 bits per heavy atom. The topological polar surface area (TPSA) is 72.5 Å². The summed E-state index contributed by atoms with van der Waals surface area (Å²) in [4.78, 5) is 12.5. The Kier molecular flexibility index (Phi) is 8.45. The first-order valence-electron chi connectivity index (χ1n) is 10.7. The number of sulfone groups is 1. The van der Waals surface area contributed by atoms with Gasteiger partial charge in [-0.1, -0.05) is 60.7 Å². The fourth-order valence-corrected chi connectivity index (χ4v) is 4.18. The van der Waals surface area contributed by atoms with Crippen LogP contribution in [0.4, 0.5) is 0 Å². The maximum absolute atomic E-state index is 12.2. The summed E-state index contributed by atoms with van der Waals surface area (Å²) in [6.07, 6.45) is 2.95. The molecule has 0 aliphatic heterocycles. The van der Waals surface area contributed by atoms with Crippen LogP contribution in [-0.2, 0) is 14.6 Å². The van der Waals surface area contributed by atoms with Crippen molar-refractivity contribution in [2.45, 2.75) is 30.1 Å². The molecule has 0 radical (unpaired) electrons. The third kappa shape index (κ3) is 7.24. The summed E-state index contributed by atoms with van der Waals surface area (Å²) in [7, 11) is -3.22. The van der Waals surface area contributed by atoms with Crippen molar-refractivity contribution >= 4 is 15.7 Å². The molecule has 0 fully saturated rings. The maximum Gasteiger partial charge on any atom is 0.220 e. The summed E-state index contributed by atoms with van der Waals surface area (Å²) < 4.78 is 28.6. The third-order valence-electron chi connectivity index (χ3n) is 5.23. The van der Waals surface area contributed by atoms with Crippen LogP contribution in [0.3, 0.4) is 0 Å². The van der Waals surface area contributed by atoms with E-state index in [1.54, 1.807) is 12.1 Å². The number of hydrogen-bond donors (Lipinski definition) is 1. The van der Waals surface area contributed by atoms with Gasteiger partial charge in [0.2, 0.25) is 5.91 Å². The van der Waals surface area contributed by atoms with Crippen LogP contribution in [0.1, 0.15) is 36.3 Å². The van der Waals surface area contributed by atoms with Crippen LogP contribution in [0.2, 0.25) is 0 Å². The van der Waals surface area contributed by atoms with E-state index in [-0.39, 0.29) is 16.7 Å². The Labute approximate surface area is 190 Å². The number of nitrogens with one attached hydrogen (secondary N) is 1. The lowest BCUT2D eigenvalue weighted by Gasteiger charge is -2.18. The molecule has 0 spiro atoms. The molecule has 0 saturated carbocycles. The maximum atomic E-state index is 12.2. The second kappa shape index (κ2) is 11.5. The molecule has 0 aliphatic carbocycles. The first kappa shape index (κ1) is 23.5. The van der Waals surface area contributed by atoms with Gasteiger partial charge >= 0.3 is 0 Å². The molecule has 1 N–H and O–H groups in total. The van der Waals surface area contributed by atoms with E-state index >= 15 is 0 Å². The molecule has 6 heteroatoms. The van der Waals surface area contributed by atoms with Crippen molar-refractivity contribution in [3.8, 4) is 5.75 Å². The first-order valence-corrected chi connectivity index (χ1v) is 12.6. The molecule has 0 atom stereocenters. The lowest BCUT2D eigenvalue weighted by molar-refractivity contribution is -0.121. The SMILES string of the molecule is CS(=O)(=O)c1ccc(OCCCC(=O)NCCC(c2ccccc2)c2ccccc2)cc1. The molecule has 32 heavy (non-hydrogen) atoms. The highest BCUT2D eigenvalue weighted by Gasteiger charge is 2.14. The van der Waals surface area contributed by atoms with Gasteiger partial charge in [0.05, 0.1) is 11.5 Å². The number of rotatable bonds is 11. The highest BCUT2D eigenvalue weighted by atomic mass is 32.2. The van der Waals surface area contributed by atoms with Crippen LogP contribution in [0.5, 0.6) is 5.75 Å². The fraction of sp³-hybridized carbons (Fsp3) is 0.269. The molecular formula is C26H29NO4S. The van der Waals surface area contributed by atoms with Gasteiger partial charge in [0.1, 0.15) is 5.75 Å². The minimum atomic E-state index is -3.22. The number of ether oxygens (including phenoxy) is 1. The second-order valence-corrected chi connectivity index (χ2v) is 9.72. The number of amides is 1. The van der Waals surface area contributed by atoms with Gasteiger partial charge in [0, 0.05) is 25.1 Å². The molecular weight excluding hydrogens is 422 g/mol. The van der Waals surface area contributed by atoms with E-state index in [0.717, 1.165) is 6.42 Å². The van der Waals surface area contributed by atoms with E-state index in [1.807, 2.05) is 36.4 Å². The lowest BCUT2D eigenvalue weighted by Crippen LogP contribution is -2.26. The summed E-state index contributed by atoms with van der Waals surface area (Å²) in [5.41, 5.74) is 2.48. The Balaban J connectivity index is 1.41. The zero-order chi connectivity index (χ0) is 22.8. The summed E-state index contributed by atoms with van der Waals surface area (Å²) in [5, 5.41) is 3.01. The summed E-state index contributed by atoms with van der Waals surface area (Å²) in [6, 6.07) is 27.0. The molecule has 0 aromatic heterocycles. The van der Waals surface area contributed by atoms with Crippen molar-refractivity contribution in [1.29, 1.82) is 0 Å². The van der Waals surface area contributed by atoms with Gasteiger partial charge in [0.15, 0.2) is 9.84 Å². The minimum Gasteiger partial charge on any atom is -0.494 e. The van der Waals surface area contributed by atoms with Crippen LogP contribution in [0.15, 0.2) is 89.8 Å². The van der Waals surface area contributed by atoms with Crippen LogP contribution < -0.4 is 10.1 Å². The van der Waals surface area contributed by atoms with E-state index in [0.29, 0.717) is 31.7 Å². The lowest BCUT2D eigenvalue weighted by atomic mass is 9.88. The van der Waals surface area contributed by atoms with Crippen LogP contribution >= 0.6 is 0 Å². The van der Waals surface area contributed by atoms with E-state index in [9.17, 15) is 13.2 Å². The van der Waals surface area contributed by atoms with Crippen molar-refractivity contribution in [2.24, 2.45) is 0 Å². The van der Waals surface area contributed by atoms with Gasteiger partial charge in [-0.15, -0.1) is 0 Å². The van der Waals surface area contributed by atoms with Gasteiger partial charge in [-0.2, -0.15) is 0 Å². The number of carbonyl (C=O) groups is 1. The molecule has 5 nitrogen and oxygen atoms in total. The van der Waals surface area contributed by atoms with E-state index < -0.39 is 9.84 Å². The van der Waals surface area contributed by atoms with Crippen molar-refractivity contribution in [1.82, 2.24) is 5.32 Å². The Morgan fingerprint density at radius 1 is 0.875 bits per heavy atom. The Bertz CT molecular complexity index is 1040. The quantitative estimate of drug-likeness (QED) is 0.433. The van der Waals surface area contributed by atoms with Crippen molar-refractivity contribution < 1.29 is 17.9 Å². The molecule has 3 rings (SSSR count). The summed E-state index contributed by atoms with van der Waals surface area (Å²) in [6.45, 7) is 0.989. The number of hydrogen-bond acceptors (Lipinski definition) is 4. The van der Waals surface area contributed by atoms with Crippen molar-refractivity contribution in [3.63, 3.8) is 0 Å². The van der Waals surface area contributed by atoms with Crippen LogP contribution in [0, 0.1) is 0 Å². The zero-order valence-corrected chi connectivity index (χ0v) is 19.1. The molecule has 168 valence electrons. The van der Waals surface area contributed by atoms with Gasteiger partial charge < -0.3 is 10.1 Å². The first-order chi connectivity index (χ1) is 15.4. The Morgan fingerprint density at radius 3 is 1.97 bits per heavy atom. The number of carbonyl (C=O) groups excluding carboxylic acids is 1. The normalized spacial score (nSPS) is 11.3. The highest BCUT2D eigenvalue weighted by Crippen LogP contribution is 2.27. The van der Waals surface area contributed by atoms with Gasteiger partial charge in [-0.25, -0.2) is 8.42 Å². The zero-order valence-electron chi connectivity index (χ0n) is 18.2. The average Bonchev–Trinajstić information content (AvgIpc) is 2.80. The second-order valence-electron chi connectivity index (χ2n) is 7.71. The smallest absolute Gasteiger partial charge is 0.220 e. The molecule has 1 amide bonds. The summed E-state index contributed by atoms with van der Waals surface area (Å²) in [5.74, 6) is 0.822. The van der Waals surface area contributed by atoms with Crippen molar-refractivity contribution in [3.05, 3.63) is 96.1 Å². The predicted molar refractivity (Wildman–Crippen MR) is 127 cm³/mol. The molecule has 3 aromatic rings. The summed E-state index contributed by atoms with van der Waals surface area (Å²) >= 11 is 0. The van der Waals surface area contributed by atoms with Crippen LogP contribution in [-0.4, -0.2) is 33.7 Å². The molecule has 0 heterocycles. The molecule has 0 unspecified atom stereocenters. The van der Waals surface area contributed by atoms with Gasteiger partial charge in [0.25, 0.3) is 0 Å². The van der Waals surface area contributed by atoms with Crippen LogP contribution in [0.25, 0.3) is 0 Å². The molecule has 0 bridgehead atoms. The third-order valence-corrected chi connectivity index (χ3v) is 6.36. The molecule has 3 aromatic carbocycles. The Hall–Kier alpha value is -3.12. The monoisotopic (exact) mass is 451 g/mol. The number of benzene rings is 3. The van der Waals surface area contributed by atoms with Gasteiger partial charge in [-0.3, -0.25) is 4.79 Å². The molecule has 0 aliphatic rings. The standard InChI is InChI=1S/C26H29NO4S/c1-32(29,30)24-16-14-23(15-17-24)31-20-8-13-26(28)27-19-18-25(21-9-4-2-5-10-21)22-11-6-3-7-12-22/h2-7,9-12,14-17,25H,8,13,18-20H2,1H3,(H,27,28). The minimum absolute atomic E-state index is 0.000831. The molecule has 0 saturated heterocycles. The van der Waals surface area contributed by atoms with E-state index in [1.165, 1.54) is 29.5 Å². The largest absolute Gasteiger partial charge is 0.494 e. The van der Waals surface area contributed by atoms with E-state index in [4.69, 9.17) is 4.74 Å². The van der Waals surface area contributed by atoms with E-state index in [2.05, 4.69) is 29.6 Å².